The van der Waals surface area contributed by atoms with Crippen LogP contribution in [-0.2, 0) is 4.74 Å². The average Bonchev–Trinajstić information content (AvgIpc) is 3.17. The monoisotopic (exact) mass is 414 g/mol. The Morgan fingerprint density at radius 1 is 1.03 bits per heavy atom. The number of nitrogens with one attached hydrogen (secondary N) is 1. The van der Waals surface area contributed by atoms with Crippen LogP contribution in [-0.4, -0.2) is 45.8 Å². The fourth-order valence-corrected chi connectivity index (χ4v) is 4.64. The largest absolute Gasteiger partial charge is 0.378 e. The van der Waals surface area contributed by atoms with Crippen LogP contribution in [0.2, 0.25) is 0 Å². The number of morpholine rings is 1. The maximum atomic E-state index is 5.46. The first-order valence-corrected chi connectivity index (χ1v) is 11.1. The lowest BCUT2D eigenvalue weighted by Gasteiger charge is -2.29. The van der Waals surface area contributed by atoms with Crippen molar-refractivity contribution in [1.82, 2.24) is 19.5 Å². The van der Waals surface area contributed by atoms with E-state index in [4.69, 9.17) is 9.72 Å². The number of rotatable bonds is 4. The molecule has 0 radical (unpaired) electrons. The van der Waals surface area contributed by atoms with E-state index in [1.165, 1.54) is 35.7 Å². The lowest BCUT2D eigenvalue weighted by molar-refractivity contribution is 0.122. The van der Waals surface area contributed by atoms with Crippen LogP contribution in [0, 0.1) is 6.92 Å². The Labute approximate surface area is 181 Å². The van der Waals surface area contributed by atoms with Crippen molar-refractivity contribution in [3.8, 4) is 0 Å². The smallest absolute Gasteiger partial charge is 0.228 e. The zero-order chi connectivity index (χ0) is 20.8. The van der Waals surface area contributed by atoms with Crippen LogP contribution in [0.1, 0.15) is 30.9 Å². The standard InChI is InChI=1S/C24H26N6O/c1-16-13-21(25-15-20(16)29-9-11-31-12-10-29)27-24-26-14-18-6-5-17-7-8-30(19-3-2-4-19)23(17)22(18)28-24/h5-8,13-15,19H,2-4,9-12H2,1H3,(H,25,26,27,28). The molecule has 4 heterocycles. The van der Waals surface area contributed by atoms with Crippen LogP contribution >= 0.6 is 0 Å². The number of hydrogen-bond donors (Lipinski definition) is 1. The predicted octanol–water partition coefficient (Wildman–Crippen LogP) is 4.59. The van der Waals surface area contributed by atoms with Gasteiger partial charge >= 0.3 is 0 Å². The van der Waals surface area contributed by atoms with Crippen molar-refractivity contribution in [2.24, 2.45) is 0 Å². The first-order chi connectivity index (χ1) is 15.3. The van der Waals surface area contributed by atoms with Gasteiger partial charge in [0.25, 0.3) is 0 Å². The van der Waals surface area contributed by atoms with E-state index in [-0.39, 0.29) is 0 Å². The summed E-state index contributed by atoms with van der Waals surface area (Å²) in [7, 11) is 0. The summed E-state index contributed by atoms with van der Waals surface area (Å²) in [5.41, 5.74) is 4.54. The molecule has 0 unspecified atom stereocenters. The topological polar surface area (TPSA) is 68.1 Å². The van der Waals surface area contributed by atoms with Gasteiger partial charge in [0, 0.05) is 42.3 Å². The van der Waals surface area contributed by atoms with Crippen LogP contribution in [0.5, 0.6) is 0 Å². The number of pyridine rings is 1. The van der Waals surface area contributed by atoms with Crippen LogP contribution in [0.15, 0.2) is 42.9 Å². The first kappa shape index (κ1) is 18.6. The fourth-order valence-electron chi connectivity index (χ4n) is 4.64. The van der Waals surface area contributed by atoms with E-state index in [1.54, 1.807) is 0 Å². The Morgan fingerprint density at radius 2 is 1.87 bits per heavy atom. The summed E-state index contributed by atoms with van der Waals surface area (Å²) in [6.07, 6.45) is 9.84. The minimum Gasteiger partial charge on any atom is -0.378 e. The highest BCUT2D eigenvalue weighted by atomic mass is 16.5. The summed E-state index contributed by atoms with van der Waals surface area (Å²) in [6, 6.07) is 9.12. The van der Waals surface area contributed by atoms with E-state index >= 15 is 0 Å². The molecule has 3 aromatic heterocycles. The average molecular weight is 415 g/mol. The molecule has 6 rings (SSSR count). The lowest BCUT2D eigenvalue weighted by atomic mass is 9.93. The van der Waals surface area contributed by atoms with Crippen molar-refractivity contribution < 1.29 is 4.74 Å². The van der Waals surface area contributed by atoms with Gasteiger partial charge in [0.05, 0.1) is 30.6 Å². The molecule has 1 saturated carbocycles. The summed E-state index contributed by atoms with van der Waals surface area (Å²) in [5, 5.41) is 5.60. The molecule has 2 fully saturated rings. The number of anilines is 3. The number of fused-ring (bicyclic) bond motifs is 3. The van der Waals surface area contributed by atoms with Gasteiger partial charge < -0.3 is 19.5 Å². The molecule has 4 aromatic rings. The summed E-state index contributed by atoms with van der Waals surface area (Å²) in [4.78, 5) is 16.4. The van der Waals surface area contributed by atoms with Crippen LogP contribution in [0.4, 0.5) is 17.5 Å². The van der Waals surface area contributed by atoms with E-state index in [9.17, 15) is 0 Å². The fraction of sp³-hybridized carbons (Fsp3) is 0.375. The Morgan fingerprint density at radius 3 is 2.65 bits per heavy atom. The Bertz CT molecular complexity index is 1260. The molecule has 0 amide bonds. The molecule has 0 bridgehead atoms. The normalized spacial score (nSPS) is 17.3. The number of ether oxygens (including phenoxy) is 1. The van der Waals surface area contributed by atoms with Gasteiger partial charge in [-0.25, -0.2) is 15.0 Å². The van der Waals surface area contributed by atoms with Gasteiger partial charge in [-0.1, -0.05) is 12.1 Å². The third-order valence-corrected chi connectivity index (χ3v) is 6.57. The summed E-state index contributed by atoms with van der Waals surface area (Å²) < 4.78 is 7.87. The summed E-state index contributed by atoms with van der Waals surface area (Å²) >= 11 is 0. The van der Waals surface area contributed by atoms with Gasteiger partial charge in [-0.15, -0.1) is 0 Å². The van der Waals surface area contributed by atoms with Gasteiger partial charge in [-0.3, -0.25) is 0 Å². The molecule has 0 atom stereocenters. The molecule has 158 valence electrons. The molecule has 1 aliphatic carbocycles. The van der Waals surface area contributed by atoms with Crippen molar-refractivity contribution >= 4 is 39.3 Å². The molecule has 7 nitrogen and oxygen atoms in total. The predicted molar refractivity (Wildman–Crippen MR) is 123 cm³/mol. The Hall–Kier alpha value is -3.19. The number of hydrogen-bond acceptors (Lipinski definition) is 6. The highest BCUT2D eigenvalue weighted by Crippen LogP contribution is 2.36. The Balaban J connectivity index is 1.33. The number of benzene rings is 1. The third-order valence-electron chi connectivity index (χ3n) is 6.57. The minimum atomic E-state index is 0.576. The van der Waals surface area contributed by atoms with E-state index in [0.29, 0.717) is 12.0 Å². The second-order valence-electron chi connectivity index (χ2n) is 8.52. The molecular weight excluding hydrogens is 388 g/mol. The van der Waals surface area contributed by atoms with Gasteiger partial charge in [-0.05, 0) is 43.9 Å². The third kappa shape index (κ3) is 3.29. The van der Waals surface area contributed by atoms with E-state index in [0.717, 1.165) is 48.7 Å². The molecule has 0 spiro atoms. The lowest BCUT2D eigenvalue weighted by Crippen LogP contribution is -2.36. The van der Waals surface area contributed by atoms with Crippen molar-refractivity contribution in [1.29, 1.82) is 0 Å². The molecule has 2 aliphatic rings. The zero-order valence-electron chi connectivity index (χ0n) is 17.7. The minimum absolute atomic E-state index is 0.576. The molecule has 7 heteroatoms. The highest BCUT2D eigenvalue weighted by molar-refractivity contribution is 6.03. The highest BCUT2D eigenvalue weighted by Gasteiger charge is 2.22. The second-order valence-corrected chi connectivity index (χ2v) is 8.52. The maximum absolute atomic E-state index is 5.46. The van der Waals surface area contributed by atoms with Crippen molar-refractivity contribution in [2.45, 2.75) is 32.2 Å². The maximum Gasteiger partial charge on any atom is 0.228 e. The summed E-state index contributed by atoms with van der Waals surface area (Å²) in [5.74, 6) is 1.34. The quantitative estimate of drug-likeness (QED) is 0.527. The first-order valence-electron chi connectivity index (χ1n) is 11.1. The van der Waals surface area contributed by atoms with Gasteiger partial charge in [0.15, 0.2) is 0 Å². The van der Waals surface area contributed by atoms with E-state index in [1.807, 2.05) is 12.4 Å². The molecule has 1 aromatic carbocycles. The van der Waals surface area contributed by atoms with Crippen molar-refractivity contribution in [3.05, 3.63) is 48.4 Å². The van der Waals surface area contributed by atoms with Gasteiger partial charge in [0.2, 0.25) is 5.95 Å². The SMILES string of the molecule is Cc1cc(Nc2ncc3ccc4ccn(C5CCC5)c4c3n2)ncc1N1CCOCC1. The van der Waals surface area contributed by atoms with Crippen molar-refractivity contribution in [3.63, 3.8) is 0 Å². The summed E-state index contributed by atoms with van der Waals surface area (Å²) in [6.45, 7) is 5.45. The van der Waals surface area contributed by atoms with E-state index < -0.39 is 0 Å². The van der Waals surface area contributed by atoms with Gasteiger partial charge in [0.1, 0.15) is 11.3 Å². The molecular formula is C24H26N6O. The zero-order valence-corrected chi connectivity index (χ0v) is 17.7. The molecule has 1 aliphatic heterocycles. The van der Waals surface area contributed by atoms with Crippen molar-refractivity contribution in [2.75, 3.05) is 36.5 Å². The van der Waals surface area contributed by atoms with Crippen LogP contribution in [0.25, 0.3) is 21.8 Å². The molecule has 1 saturated heterocycles. The number of aryl methyl sites for hydroxylation is 1. The molecule has 1 N–H and O–H groups in total. The van der Waals surface area contributed by atoms with E-state index in [2.05, 4.69) is 62.1 Å². The van der Waals surface area contributed by atoms with Crippen LogP contribution in [0.3, 0.4) is 0 Å². The number of nitrogens with zero attached hydrogens (tertiary/aromatic N) is 5. The second kappa shape index (κ2) is 7.50. The number of aromatic nitrogens is 4. The van der Waals surface area contributed by atoms with Gasteiger partial charge in [-0.2, -0.15) is 0 Å². The Kier molecular flexibility index (Phi) is 4.49. The van der Waals surface area contributed by atoms with Crippen LogP contribution < -0.4 is 10.2 Å². The molecule has 31 heavy (non-hydrogen) atoms.